The van der Waals surface area contributed by atoms with Crippen LogP contribution in [0.2, 0.25) is 0 Å². The van der Waals surface area contributed by atoms with Gasteiger partial charge in [0.05, 0.1) is 16.0 Å². The van der Waals surface area contributed by atoms with Crippen molar-refractivity contribution in [2.75, 3.05) is 18.0 Å². The third-order valence-electron chi connectivity index (χ3n) is 4.28. The molecule has 1 aliphatic rings. The Kier molecular flexibility index (Phi) is 3.22. The van der Waals surface area contributed by atoms with Crippen LogP contribution in [0.1, 0.15) is 12.8 Å². The number of anilines is 1. The van der Waals surface area contributed by atoms with Crippen molar-refractivity contribution in [2.24, 2.45) is 0 Å². The quantitative estimate of drug-likeness (QED) is 0.591. The van der Waals surface area contributed by atoms with E-state index in [2.05, 4.69) is 14.9 Å². The molecular formula is C17H16N4O2. The highest BCUT2D eigenvalue weighted by Crippen LogP contribution is 2.34. The van der Waals surface area contributed by atoms with Crippen LogP contribution in [0.25, 0.3) is 22.4 Å². The summed E-state index contributed by atoms with van der Waals surface area (Å²) in [5, 5.41) is 11.5. The van der Waals surface area contributed by atoms with Gasteiger partial charge in [-0.3, -0.25) is 10.1 Å². The maximum Gasteiger partial charge on any atom is 0.293 e. The Morgan fingerprint density at radius 1 is 1.13 bits per heavy atom. The van der Waals surface area contributed by atoms with Crippen LogP contribution < -0.4 is 4.90 Å². The summed E-state index contributed by atoms with van der Waals surface area (Å²) in [7, 11) is 0. The molecule has 0 spiro atoms. The number of aromatic amines is 1. The Morgan fingerprint density at radius 2 is 1.91 bits per heavy atom. The van der Waals surface area contributed by atoms with Crippen LogP contribution in [-0.2, 0) is 0 Å². The predicted molar refractivity (Wildman–Crippen MR) is 89.6 cm³/mol. The summed E-state index contributed by atoms with van der Waals surface area (Å²) >= 11 is 0. The predicted octanol–water partition coefficient (Wildman–Crippen LogP) is 3.74. The molecule has 1 aliphatic heterocycles. The van der Waals surface area contributed by atoms with Crippen molar-refractivity contribution < 1.29 is 4.92 Å². The Labute approximate surface area is 132 Å². The summed E-state index contributed by atoms with van der Waals surface area (Å²) in [4.78, 5) is 21.0. The van der Waals surface area contributed by atoms with Gasteiger partial charge in [-0.15, -0.1) is 0 Å². The minimum absolute atomic E-state index is 0.143. The largest absolute Gasteiger partial charge is 0.366 e. The zero-order chi connectivity index (χ0) is 15.8. The summed E-state index contributed by atoms with van der Waals surface area (Å²) in [6, 6.07) is 13.1. The highest BCUT2D eigenvalue weighted by molar-refractivity contribution is 5.80. The number of H-pyrrole nitrogens is 1. The number of fused-ring (bicyclic) bond motifs is 1. The molecule has 0 atom stereocenters. The van der Waals surface area contributed by atoms with Gasteiger partial charge in [0.1, 0.15) is 11.5 Å². The van der Waals surface area contributed by atoms with E-state index in [-0.39, 0.29) is 10.6 Å². The second kappa shape index (κ2) is 5.39. The summed E-state index contributed by atoms with van der Waals surface area (Å²) in [5.41, 5.74) is 3.36. The SMILES string of the molecule is O=[N+]([O-])c1cc(-c2nc3ccccc3[nH]2)ccc1N1CCCC1. The molecule has 1 fully saturated rings. The second-order valence-corrected chi connectivity index (χ2v) is 5.76. The highest BCUT2D eigenvalue weighted by Gasteiger charge is 2.23. The molecule has 0 saturated carbocycles. The van der Waals surface area contributed by atoms with Crippen molar-refractivity contribution in [3.8, 4) is 11.4 Å². The summed E-state index contributed by atoms with van der Waals surface area (Å²) < 4.78 is 0. The van der Waals surface area contributed by atoms with Gasteiger partial charge in [0.25, 0.3) is 5.69 Å². The van der Waals surface area contributed by atoms with Crippen LogP contribution >= 0.6 is 0 Å². The monoisotopic (exact) mass is 308 g/mol. The standard InChI is InChI=1S/C17H16N4O2/c22-21(23)16-11-12(7-8-15(16)20-9-3-4-10-20)17-18-13-5-1-2-6-14(13)19-17/h1-2,5-8,11H,3-4,9-10H2,(H,18,19). The average molecular weight is 308 g/mol. The van der Waals surface area contributed by atoms with Crippen LogP contribution in [0.3, 0.4) is 0 Å². The molecule has 0 bridgehead atoms. The lowest BCUT2D eigenvalue weighted by Crippen LogP contribution is -2.18. The number of aromatic nitrogens is 2. The fourth-order valence-electron chi connectivity index (χ4n) is 3.13. The number of hydrogen-bond acceptors (Lipinski definition) is 4. The lowest BCUT2D eigenvalue weighted by molar-refractivity contribution is -0.384. The maximum absolute atomic E-state index is 11.5. The van der Waals surface area contributed by atoms with Crippen molar-refractivity contribution >= 4 is 22.4 Å². The highest BCUT2D eigenvalue weighted by atomic mass is 16.6. The first-order valence-corrected chi connectivity index (χ1v) is 7.71. The van der Waals surface area contributed by atoms with E-state index in [0.29, 0.717) is 11.5 Å². The molecule has 4 rings (SSSR count). The maximum atomic E-state index is 11.5. The van der Waals surface area contributed by atoms with Crippen molar-refractivity contribution in [1.29, 1.82) is 0 Å². The zero-order valence-corrected chi connectivity index (χ0v) is 12.5. The van der Waals surface area contributed by atoms with E-state index in [9.17, 15) is 10.1 Å². The van der Waals surface area contributed by atoms with Crippen LogP contribution in [0.5, 0.6) is 0 Å². The van der Waals surface area contributed by atoms with E-state index in [0.717, 1.165) is 42.5 Å². The molecule has 0 amide bonds. The Bertz CT molecular complexity index is 848. The average Bonchev–Trinajstić information content (AvgIpc) is 3.23. The van der Waals surface area contributed by atoms with E-state index in [1.54, 1.807) is 6.07 Å². The molecule has 6 nitrogen and oxygen atoms in total. The fraction of sp³-hybridized carbons (Fsp3) is 0.235. The van der Waals surface area contributed by atoms with Crippen LogP contribution in [0, 0.1) is 10.1 Å². The molecule has 2 aromatic carbocycles. The van der Waals surface area contributed by atoms with Gasteiger partial charge in [0.15, 0.2) is 0 Å². The number of para-hydroxylation sites is 2. The van der Waals surface area contributed by atoms with E-state index >= 15 is 0 Å². The summed E-state index contributed by atoms with van der Waals surface area (Å²) in [5.74, 6) is 0.655. The Morgan fingerprint density at radius 3 is 2.65 bits per heavy atom. The molecule has 3 aromatic rings. The smallest absolute Gasteiger partial charge is 0.293 e. The number of rotatable bonds is 3. The van der Waals surface area contributed by atoms with Crippen molar-refractivity contribution in [1.82, 2.24) is 9.97 Å². The molecule has 2 heterocycles. The van der Waals surface area contributed by atoms with E-state index in [4.69, 9.17) is 0 Å². The van der Waals surface area contributed by atoms with Gasteiger partial charge in [0.2, 0.25) is 0 Å². The fourth-order valence-corrected chi connectivity index (χ4v) is 3.13. The molecule has 23 heavy (non-hydrogen) atoms. The Hall–Kier alpha value is -2.89. The lowest BCUT2D eigenvalue weighted by atomic mass is 10.1. The van der Waals surface area contributed by atoms with Crippen molar-refractivity contribution in [3.63, 3.8) is 0 Å². The van der Waals surface area contributed by atoms with Crippen LogP contribution in [0.4, 0.5) is 11.4 Å². The molecule has 1 N–H and O–H groups in total. The minimum atomic E-state index is -0.306. The Balaban J connectivity index is 1.80. The number of nitrogens with one attached hydrogen (secondary N) is 1. The zero-order valence-electron chi connectivity index (χ0n) is 12.5. The van der Waals surface area contributed by atoms with Gasteiger partial charge < -0.3 is 9.88 Å². The third kappa shape index (κ3) is 2.42. The molecule has 0 unspecified atom stereocenters. The minimum Gasteiger partial charge on any atom is -0.366 e. The number of imidazole rings is 1. The van der Waals surface area contributed by atoms with E-state index in [1.165, 1.54) is 0 Å². The third-order valence-corrected chi connectivity index (χ3v) is 4.28. The topological polar surface area (TPSA) is 75.1 Å². The van der Waals surface area contributed by atoms with Gasteiger partial charge in [-0.05, 0) is 37.1 Å². The summed E-state index contributed by atoms with van der Waals surface area (Å²) in [6.07, 6.45) is 2.17. The van der Waals surface area contributed by atoms with E-state index < -0.39 is 0 Å². The first-order chi connectivity index (χ1) is 11.2. The molecule has 0 aliphatic carbocycles. The second-order valence-electron chi connectivity index (χ2n) is 5.76. The summed E-state index contributed by atoms with van der Waals surface area (Å²) in [6.45, 7) is 1.76. The number of hydrogen-bond donors (Lipinski definition) is 1. The first-order valence-electron chi connectivity index (χ1n) is 7.71. The van der Waals surface area contributed by atoms with Gasteiger partial charge in [-0.25, -0.2) is 4.98 Å². The van der Waals surface area contributed by atoms with Gasteiger partial charge in [0, 0.05) is 24.7 Å². The molecule has 0 radical (unpaired) electrons. The number of benzene rings is 2. The lowest BCUT2D eigenvalue weighted by Gasteiger charge is -2.17. The van der Waals surface area contributed by atoms with Crippen molar-refractivity contribution in [3.05, 3.63) is 52.6 Å². The van der Waals surface area contributed by atoms with Gasteiger partial charge >= 0.3 is 0 Å². The molecule has 116 valence electrons. The van der Waals surface area contributed by atoms with Gasteiger partial charge in [-0.1, -0.05) is 12.1 Å². The van der Waals surface area contributed by atoms with E-state index in [1.807, 2.05) is 36.4 Å². The van der Waals surface area contributed by atoms with Crippen molar-refractivity contribution in [2.45, 2.75) is 12.8 Å². The first kappa shape index (κ1) is 13.8. The number of nitro groups is 1. The molecule has 6 heteroatoms. The van der Waals surface area contributed by atoms with Crippen LogP contribution in [-0.4, -0.2) is 28.0 Å². The molecular weight excluding hydrogens is 292 g/mol. The molecule has 1 aromatic heterocycles. The number of nitro benzene ring substituents is 1. The number of nitrogens with zero attached hydrogens (tertiary/aromatic N) is 3. The van der Waals surface area contributed by atoms with Crippen LogP contribution in [0.15, 0.2) is 42.5 Å². The normalized spacial score (nSPS) is 14.5. The van der Waals surface area contributed by atoms with Gasteiger partial charge in [-0.2, -0.15) is 0 Å². The molecule has 1 saturated heterocycles.